The van der Waals surface area contributed by atoms with Crippen molar-refractivity contribution < 1.29 is 23.0 Å². The summed E-state index contributed by atoms with van der Waals surface area (Å²) in [5.41, 5.74) is 0.128. The zero-order valence-corrected chi connectivity index (χ0v) is 11.3. The van der Waals surface area contributed by atoms with Gasteiger partial charge in [0.1, 0.15) is 17.5 Å². The molecule has 1 heterocycles. The molecule has 0 saturated heterocycles. The molecule has 0 radical (unpaired) electrons. The number of halogens is 2. The van der Waals surface area contributed by atoms with E-state index in [0.29, 0.717) is 0 Å². The lowest BCUT2D eigenvalue weighted by Gasteiger charge is -2.10. The third-order valence-electron chi connectivity index (χ3n) is 2.59. The van der Waals surface area contributed by atoms with Gasteiger partial charge in [-0.2, -0.15) is 0 Å². The Morgan fingerprint density at radius 2 is 1.81 bits per heavy atom. The van der Waals surface area contributed by atoms with Crippen molar-refractivity contribution in [3.63, 3.8) is 0 Å². The second-order valence-corrected chi connectivity index (χ2v) is 4.02. The number of carbonyl (C=O) groups is 1. The second kappa shape index (κ2) is 6.17. The highest BCUT2D eigenvalue weighted by Gasteiger charge is 2.15. The van der Waals surface area contributed by atoms with E-state index >= 15 is 0 Å². The van der Waals surface area contributed by atoms with Crippen LogP contribution in [0.5, 0.6) is 5.75 Å². The third kappa shape index (κ3) is 3.44. The Morgan fingerprint density at radius 1 is 1.14 bits per heavy atom. The van der Waals surface area contributed by atoms with E-state index in [1.165, 1.54) is 26.4 Å². The monoisotopic (exact) mass is 294 g/mol. The van der Waals surface area contributed by atoms with Crippen molar-refractivity contribution in [3.8, 4) is 5.75 Å². The van der Waals surface area contributed by atoms with Crippen LogP contribution in [0.25, 0.3) is 0 Å². The molecule has 1 aromatic carbocycles. The largest absolute Gasteiger partial charge is 0.494 e. The van der Waals surface area contributed by atoms with Crippen molar-refractivity contribution in [2.24, 2.45) is 0 Å². The number of anilines is 2. The highest BCUT2D eigenvalue weighted by Crippen LogP contribution is 2.23. The summed E-state index contributed by atoms with van der Waals surface area (Å²) in [6, 6.07) is 5.97. The van der Waals surface area contributed by atoms with Crippen LogP contribution in [0.2, 0.25) is 0 Å². The van der Waals surface area contributed by atoms with Crippen molar-refractivity contribution in [2.45, 2.75) is 0 Å². The van der Waals surface area contributed by atoms with E-state index in [1.807, 2.05) is 0 Å². The van der Waals surface area contributed by atoms with Crippen molar-refractivity contribution in [3.05, 3.63) is 47.7 Å². The first-order chi connectivity index (χ1) is 10.0. The Morgan fingerprint density at radius 3 is 2.38 bits per heavy atom. The molecule has 0 atom stereocenters. The number of benzene rings is 1. The number of hydrogen-bond acceptors (Lipinski definition) is 5. The van der Waals surface area contributed by atoms with Crippen LogP contribution in [0.4, 0.5) is 20.3 Å². The van der Waals surface area contributed by atoms with Gasteiger partial charge in [0.05, 0.1) is 14.2 Å². The van der Waals surface area contributed by atoms with Crippen LogP contribution < -0.4 is 10.1 Å². The highest BCUT2D eigenvalue weighted by atomic mass is 19.1. The zero-order valence-electron chi connectivity index (χ0n) is 11.3. The number of rotatable bonds is 4. The van der Waals surface area contributed by atoms with Gasteiger partial charge in [0, 0.05) is 11.8 Å². The van der Waals surface area contributed by atoms with Crippen LogP contribution in [-0.2, 0) is 4.74 Å². The lowest BCUT2D eigenvalue weighted by atomic mass is 10.3. The number of aromatic nitrogens is 1. The van der Waals surface area contributed by atoms with E-state index < -0.39 is 17.6 Å². The molecule has 2 aromatic rings. The topological polar surface area (TPSA) is 60.5 Å². The molecule has 2 rings (SSSR count). The fraction of sp³-hybridized carbons (Fsp3) is 0.143. The molecule has 110 valence electrons. The van der Waals surface area contributed by atoms with Crippen molar-refractivity contribution in [1.82, 2.24) is 4.98 Å². The molecule has 21 heavy (non-hydrogen) atoms. The predicted octanol–water partition coefficient (Wildman–Crippen LogP) is 2.90. The van der Waals surface area contributed by atoms with Crippen LogP contribution in [-0.4, -0.2) is 25.2 Å². The fourth-order valence-corrected chi connectivity index (χ4v) is 1.70. The number of carbonyl (C=O) groups excluding carboxylic acids is 1. The van der Waals surface area contributed by atoms with Gasteiger partial charge >= 0.3 is 5.97 Å². The van der Waals surface area contributed by atoms with Crippen molar-refractivity contribution in [1.29, 1.82) is 0 Å². The van der Waals surface area contributed by atoms with Gasteiger partial charge in [0.15, 0.2) is 11.4 Å². The van der Waals surface area contributed by atoms with Gasteiger partial charge < -0.3 is 14.8 Å². The van der Waals surface area contributed by atoms with Crippen LogP contribution in [0, 0.1) is 11.6 Å². The van der Waals surface area contributed by atoms with E-state index in [-0.39, 0.29) is 22.9 Å². The SMILES string of the molecule is COC(=O)c1nc(Nc2cc(F)cc(F)c2)ccc1OC. The van der Waals surface area contributed by atoms with E-state index in [9.17, 15) is 13.6 Å². The Balaban J connectivity index is 2.34. The van der Waals surface area contributed by atoms with Crippen molar-refractivity contribution in [2.75, 3.05) is 19.5 Å². The first-order valence-corrected chi connectivity index (χ1v) is 5.90. The fourth-order valence-electron chi connectivity index (χ4n) is 1.70. The second-order valence-electron chi connectivity index (χ2n) is 4.02. The number of ether oxygens (including phenoxy) is 2. The molecule has 0 aliphatic carbocycles. The Kier molecular flexibility index (Phi) is 4.32. The summed E-state index contributed by atoms with van der Waals surface area (Å²) >= 11 is 0. The summed E-state index contributed by atoms with van der Waals surface area (Å²) < 4.78 is 35.8. The first-order valence-electron chi connectivity index (χ1n) is 5.90. The summed E-state index contributed by atoms with van der Waals surface area (Å²) in [5.74, 6) is -1.67. The third-order valence-corrected chi connectivity index (χ3v) is 2.59. The van der Waals surface area contributed by atoms with Crippen LogP contribution >= 0.6 is 0 Å². The van der Waals surface area contributed by atoms with Crippen LogP contribution in [0.3, 0.4) is 0 Å². The lowest BCUT2D eigenvalue weighted by Crippen LogP contribution is -2.08. The molecule has 0 fully saturated rings. The number of esters is 1. The molecule has 0 bridgehead atoms. The minimum absolute atomic E-state index is 0.0399. The van der Waals surface area contributed by atoms with Gasteiger partial charge in [0.2, 0.25) is 0 Å². The standard InChI is InChI=1S/C14H12F2N2O3/c1-20-11-3-4-12(18-13(11)14(19)21-2)17-10-6-8(15)5-9(16)7-10/h3-7H,1-2H3,(H,17,18). The maximum absolute atomic E-state index is 13.1. The van der Waals surface area contributed by atoms with Gasteiger partial charge in [-0.1, -0.05) is 0 Å². The molecule has 0 aliphatic heterocycles. The van der Waals surface area contributed by atoms with Crippen LogP contribution in [0.15, 0.2) is 30.3 Å². The molecular weight excluding hydrogens is 282 g/mol. The summed E-state index contributed by atoms with van der Waals surface area (Å²) in [6.45, 7) is 0. The molecule has 0 spiro atoms. The maximum Gasteiger partial charge on any atom is 0.360 e. The Labute approximate surface area is 119 Å². The van der Waals surface area contributed by atoms with E-state index in [1.54, 1.807) is 0 Å². The molecule has 0 unspecified atom stereocenters. The van der Waals surface area contributed by atoms with Gasteiger partial charge in [-0.15, -0.1) is 0 Å². The number of nitrogens with zero attached hydrogens (tertiary/aromatic N) is 1. The van der Waals surface area contributed by atoms with Crippen molar-refractivity contribution >= 4 is 17.5 Å². The summed E-state index contributed by atoms with van der Waals surface area (Å²) in [4.78, 5) is 15.6. The normalized spacial score (nSPS) is 10.1. The molecule has 5 nitrogen and oxygen atoms in total. The Bertz CT molecular complexity index is 657. The van der Waals surface area contributed by atoms with Gasteiger partial charge in [0.25, 0.3) is 0 Å². The smallest absolute Gasteiger partial charge is 0.360 e. The van der Waals surface area contributed by atoms with Gasteiger partial charge in [-0.3, -0.25) is 0 Å². The molecular formula is C14H12F2N2O3. The van der Waals surface area contributed by atoms with E-state index in [2.05, 4.69) is 15.0 Å². The summed E-state index contributed by atoms with van der Waals surface area (Å²) in [7, 11) is 2.60. The molecule has 1 N–H and O–H groups in total. The van der Waals surface area contributed by atoms with E-state index in [0.717, 1.165) is 18.2 Å². The number of nitrogens with one attached hydrogen (secondary N) is 1. The first kappa shape index (κ1) is 14.7. The number of methoxy groups -OCH3 is 2. The van der Waals surface area contributed by atoms with Gasteiger partial charge in [-0.05, 0) is 24.3 Å². The molecule has 1 aromatic heterocycles. The van der Waals surface area contributed by atoms with Gasteiger partial charge in [-0.25, -0.2) is 18.6 Å². The predicted molar refractivity (Wildman–Crippen MR) is 71.8 cm³/mol. The number of hydrogen-bond donors (Lipinski definition) is 1. The van der Waals surface area contributed by atoms with Crippen LogP contribution in [0.1, 0.15) is 10.5 Å². The minimum atomic E-state index is -0.723. The highest BCUT2D eigenvalue weighted by molar-refractivity contribution is 5.90. The molecule has 0 amide bonds. The average molecular weight is 294 g/mol. The Hall–Kier alpha value is -2.70. The summed E-state index contributed by atoms with van der Waals surface area (Å²) in [6.07, 6.45) is 0. The van der Waals surface area contributed by atoms with E-state index in [4.69, 9.17) is 4.74 Å². The zero-order chi connectivity index (χ0) is 15.4. The molecule has 0 saturated carbocycles. The molecule has 0 aliphatic rings. The number of pyridine rings is 1. The average Bonchev–Trinajstić information content (AvgIpc) is 2.45. The maximum atomic E-state index is 13.1. The minimum Gasteiger partial charge on any atom is -0.494 e. The quantitative estimate of drug-likeness (QED) is 0.879. The lowest BCUT2D eigenvalue weighted by molar-refractivity contribution is 0.0590. The molecule has 7 heteroatoms. The summed E-state index contributed by atoms with van der Waals surface area (Å²) in [5, 5.41) is 2.70.